The van der Waals surface area contributed by atoms with Crippen LogP contribution in [0.4, 0.5) is 0 Å². The van der Waals surface area contributed by atoms with Crippen molar-refractivity contribution >= 4 is 26.7 Å². The fourth-order valence-corrected chi connectivity index (χ4v) is 4.53. The minimum atomic E-state index is -3.07. The van der Waals surface area contributed by atoms with Crippen LogP contribution in [0.3, 0.4) is 0 Å². The van der Waals surface area contributed by atoms with Gasteiger partial charge in [0.05, 0.1) is 17.5 Å². The molecule has 1 saturated heterocycles. The zero-order chi connectivity index (χ0) is 15.9. The molecule has 0 aliphatic carbocycles. The highest BCUT2D eigenvalue weighted by Crippen LogP contribution is 2.24. The number of amides is 1. The Balaban J connectivity index is 1.93. The smallest absolute Gasteiger partial charge is 0.304 e. The van der Waals surface area contributed by atoms with Gasteiger partial charge in [-0.1, -0.05) is 18.2 Å². The average Bonchev–Trinajstić information content (AvgIpc) is 3.01. The molecule has 6 nitrogen and oxygen atoms in total. The number of hydrogen-bond acceptors (Lipinski definition) is 5. The molecule has 1 aliphatic heterocycles. The fourth-order valence-electron chi connectivity index (χ4n) is 2.84. The summed E-state index contributed by atoms with van der Waals surface area (Å²) < 4.78 is 29.0. The van der Waals surface area contributed by atoms with Crippen molar-refractivity contribution in [2.75, 3.05) is 25.6 Å². The summed E-state index contributed by atoms with van der Waals surface area (Å²) in [6, 6.07) is 8.73. The van der Waals surface area contributed by atoms with Crippen molar-refractivity contribution in [2.24, 2.45) is 0 Å². The molecule has 7 heteroatoms. The van der Waals surface area contributed by atoms with Gasteiger partial charge in [-0.25, -0.2) is 13.4 Å². The summed E-state index contributed by atoms with van der Waals surface area (Å²) in [4.78, 5) is 12.7. The Hall–Kier alpha value is -1.86. The first-order chi connectivity index (χ1) is 10.4. The monoisotopic (exact) mass is 322 g/mol. The molecule has 22 heavy (non-hydrogen) atoms. The van der Waals surface area contributed by atoms with Gasteiger partial charge in [-0.3, -0.25) is 9.80 Å². The van der Waals surface area contributed by atoms with E-state index in [9.17, 15) is 13.2 Å². The maximum Gasteiger partial charge on any atom is 0.304 e. The summed E-state index contributed by atoms with van der Waals surface area (Å²) in [5.41, 5.74) is 0.642. The predicted molar refractivity (Wildman–Crippen MR) is 83.1 cm³/mol. The SMILES string of the molecule is CN(C)N(C(=O)c1cc2ccccc2o1)[C@H]1CCS(=O)(=O)C1. The molecule has 2 heterocycles. The Morgan fingerprint density at radius 2 is 2.00 bits per heavy atom. The molecule has 0 radical (unpaired) electrons. The molecule has 1 fully saturated rings. The number of benzene rings is 1. The van der Waals surface area contributed by atoms with Gasteiger partial charge in [0.1, 0.15) is 5.58 Å². The lowest BCUT2D eigenvalue weighted by Crippen LogP contribution is -2.49. The van der Waals surface area contributed by atoms with E-state index in [0.717, 1.165) is 5.39 Å². The Kier molecular flexibility index (Phi) is 3.70. The van der Waals surface area contributed by atoms with E-state index in [1.54, 1.807) is 31.2 Å². The molecule has 1 amide bonds. The zero-order valence-electron chi connectivity index (χ0n) is 12.5. The molecule has 1 aromatic carbocycles. The Morgan fingerprint density at radius 1 is 1.27 bits per heavy atom. The Morgan fingerprint density at radius 3 is 2.59 bits per heavy atom. The van der Waals surface area contributed by atoms with Crippen LogP contribution in [0.2, 0.25) is 0 Å². The highest BCUT2D eigenvalue weighted by molar-refractivity contribution is 7.91. The molecule has 0 saturated carbocycles. The molecule has 0 unspecified atom stereocenters. The van der Waals surface area contributed by atoms with Gasteiger partial charge in [0.25, 0.3) is 0 Å². The number of para-hydroxylation sites is 1. The number of hydrogen-bond donors (Lipinski definition) is 0. The van der Waals surface area contributed by atoms with Crippen LogP contribution in [-0.4, -0.2) is 56.0 Å². The number of nitrogens with zero attached hydrogens (tertiary/aromatic N) is 2. The van der Waals surface area contributed by atoms with Crippen molar-refractivity contribution in [2.45, 2.75) is 12.5 Å². The topological polar surface area (TPSA) is 70.8 Å². The summed E-state index contributed by atoms with van der Waals surface area (Å²) in [6.07, 6.45) is 0.451. The molecule has 1 aliphatic rings. The van der Waals surface area contributed by atoms with Gasteiger partial charge in [0.2, 0.25) is 0 Å². The molecule has 3 rings (SSSR count). The molecule has 0 spiro atoms. The summed E-state index contributed by atoms with van der Waals surface area (Å²) in [5.74, 6) is 0.0227. The first kappa shape index (κ1) is 15.1. The van der Waals surface area contributed by atoms with E-state index in [2.05, 4.69) is 0 Å². The highest BCUT2D eigenvalue weighted by Gasteiger charge is 2.37. The third kappa shape index (κ3) is 2.74. The van der Waals surface area contributed by atoms with Crippen LogP contribution >= 0.6 is 0 Å². The largest absolute Gasteiger partial charge is 0.451 e. The van der Waals surface area contributed by atoms with E-state index in [1.165, 1.54) is 5.01 Å². The molecule has 1 atom stereocenters. The van der Waals surface area contributed by atoms with Crippen LogP contribution in [0.15, 0.2) is 34.7 Å². The first-order valence-electron chi connectivity index (χ1n) is 7.07. The zero-order valence-corrected chi connectivity index (χ0v) is 13.3. The van der Waals surface area contributed by atoms with Crippen molar-refractivity contribution in [1.29, 1.82) is 0 Å². The van der Waals surface area contributed by atoms with Crippen LogP contribution in [-0.2, 0) is 9.84 Å². The molecule has 2 aromatic rings. The predicted octanol–water partition coefficient (Wildman–Crippen LogP) is 1.54. The van der Waals surface area contributed by atoms with Crippen molar-refractivity contribution in [3.8, 4) is 0 Å². The molecule has 0 N–H and O–H groups in total. The standard InChI is InChI=1S/C15H18N2O4S/c1-16(2)17(12-7-8-22(19,20)10-12)15(18)14-9-11-5-3-4-6-13(11)21-14/h3-6,9,12H,7-8,10H2,1-2H3/t12-/m0/s1. The van der Waals surface area contributed by atoms with E-state index in [4.69, 9.17) is 4.42 Å². The number of furan rings is 1. The second-order valence-corrected chi connectivity index (χ2v) is 7.93. The highest BCUT2D eigenvalue weighted by atomic mass is 32.2. The van der Waals surface area contributed by atoms with Gasteiger partial charge in [-0.2, -0.15) is 0 Å². The maximum absolute atomic E-state index is 12.7. The van der Waals surface area contributed by atoms with Gasteiger partial charge in [0, 0.05) is 19.5 Å². The third-order valence-electron chi connectivity index (χ3n) is 3.83. The summed E-state index contributed by atoms with van der Waals surface area (Å²) in [7, 11) is 0.390. The first-order valence-corrected chi connectivity index (χ1v) is 8.89. The second kappa shape index (κ2) is 5.40. The molecular weight excluding hydrogens is 304 g/mol. The summed E-state index contributed by atoms with van der Waals surface area (Å²) in [6.45, 7) is 0. The van der Waals surface area contributed by atoms with Crippen LogP contribution in [0, 0.1) is 0 Å². The van der Waals surface area contributed by atoms with Crippen LogP contribution in [0.1, 0.15) is 17.0 Å². The van der Waals surface area contributed by atoms with E-state index >= 15 is 0 Å². The normalized spacial score (nSPS) is 20.6. The Bertz CT molecular complexity index is 777. The lowest BCUT2D eigenvalue weighted by atomic mass is 10.2. The van der Waals surface area contributed by atoms with E-state index < -0.39 is 9.84 Å². The quantitative estimate of drug-likeness (QED) is 0.802. The van der Waals surface area contributed by atoms with Crippen molar-refractivity contribution in [1.82, 2.24) is 10.0 Å². The lowest BCUT2D eigenvalue weighted by molar-refractivity contribution is -0.00152. The van der Waals surface area contributed by atoms with Gasteiger partial charge in [-0.05, 0) is 18.6 Å². The van der Waals surface area contributed by atoms with E-state index in [1.807, 2.05) is 18.2 Å². The second-order valence-electron chi connectivity index (χ2n) is 5.70. The summed E-state index contributed by atoms with van der Waals surface area (Å²) in [5, 5.41) is 3.95. The average molecular weight is 322 g/mol. The number of carbonyl (C=O) groups is 1. The van der Waals surface area contributed by atoms with Gasteiger partial charge >= 0.3 is 5.91 Å². The van der Waals surface area contributed by atoms with Crippen molar-refractivity contribution in [3.05, 3.63) is 36.1 Å². The van der Waals surface area contributed by atoms with Crippen molar-refractivity contribution < 1.29 is 17.6 Å². The fraction of sp³-hybridized carbons (Fsp3) is 0.400. The molecular formula is C15H18N2O4S. The molecule has 118 valence electrons. The number of sulfone groups is 1. The Labute approximate surface area is 129 Å². The molecule has 0 bridgehead atoms. The minimum absolute atomic E-state index is 0.00283. The van der Waals surface area contributed by atoms with Gasteiger partial charge < -0.3 is 4.42 Å². The molecule has 1 aromatic heterocycles. The van der Waals surface area contributed by atoms with Gasteiger partial charge in [-0.15, -0.1) is 0 Å². The van der Waals surface area contributed by atoms with E-state index in [-0.39, 0.29) is 29.2 Å². The number of rotatable bonds is 3. The lowest BCUT2D eigenvalue weighted by Gasteiger charge is -2.32. The van der Waals surface area contributed by atoms with Crippen LogP contribution in [0.25, 0.3) is 11.0 Å². The maximum atomic E-state index is 12.7. The summed E-state index contributed by atoms with van der Waals surface area (Å²) >= 11 is 0. The number of hydrazine groups is 1. The van der Waals surface area contributed by atoms with Crippen molar-refractivity contribution in [3.63, 3.8) is 0 Å². The number of fused-ring (bicyclic) bond motifs is 1. The van der Waals surface area contributed by atoms with Gasteiger partial charge in [0.15, 0.2) is 15.6 Å². The van der Waals surface area contributed by atoms with Crippen LogP contribution < -0.4 is 0 Å². The van der Waals surface area contributed by atoms with E-state index in [0.29, 0.717) is 12.0 Å². The van der Waals surface area contributed by atoms with Crippen LogP contribution in [0.5, 0.6) is 0 Å². The minimum Gasteiger partial charge on any atom is -0.451 e. The third-order valence-corrected chi connectivity index (χ3v) is 5.58. The number of carbonyl (C=O) groups excluding carboxylic acids is 1.